The summed E-state index contributed by atoms with van der Waals surface area (Å²) >= 11 is 0. The number of nitrogens with zero attached hydrogens (tertiary/aromatic N) is 4. The minimum Gasteiger partial charge on any atom is -0.357 e. The number of hydrogen-bond donors (Lipinski definition) is 2. The third-order valence-electron chi connectivity index (χ3n) is 4.82. The lowest BCUT2D eigenvalue weighted by Crippen LogP contribution is -2.36. The van der Waals surface area contributed by atoms with E-state index in [4.69, 9.17) is 9.52 Å². The highest BCUT2D eigenvalue weighted by Crippen LogP contribution is 2.19. The van der Waals surface area contributed by atoms with Crippen LogP contribution in [0.2, 0.25) is 0 Å². The lowest BCUT2D eigenvalue weighted by Gasteiger charge is -2.12. The molecule has 0 saturated heterocycles. The van der Waals surface area contributed by atoms with Gasteiger partial charge in [0, 0.05) is 30.6 Å². The van der Waals surface area contributed by atoms with E-state index in [1.54, 1.807) is 6.20 Å². The summed E-state index contributed by atoms with van der Waals surface area (Å²) in [5.41, 5.74) is 4.21. The van der Waals surface area contributed by atoms with Gasteiger partial charge in [-0.15, -0.1) is 24.0 Å². The summed E-state index contributed by atoms with van der Waals surface area (Å²) in [6, 6.07) is 22.1. The zero-order valence-electron chi connectivity index (χ0n) is 17.9. The van der Waals surface area contributed by atoms with Gasteiger partial charge in [0.25, 0.3) is 0 Å². The van der Waals surface area contributed by atoms with E-state index in [1.165, 1.54) is 11.1 Å². The molecule has 0 amide bonds. The molecule has 8 heteroatoms. The second kappa shape index (κ2) is 12.0. The predicted octanol–water partition coefficient (Wildman–Crippen LogP) is 4.46. The molecular formula is C24H27IN6O. The van der Waals surface area contributed by atoms with E-state index in [1.807, 2.05) is 72.4 Å². The number of rotatable bonds is 8. The van der Waals surface area contributed by atoms with Crippen molar-refractivity contribution < 1.29 is 4.52 Å². The summed E-state index contributed by atoms with van der Waals surface area (Å²) in [5, 5.41) is 15.1. The Bertz CT molecular complexity index is 1110. The monoisotopic (exact) mass is 542 g/mol. The lowest BCUT2D eigenvalue weighted by molar-refractivity contribution is 0.422. The summed E-state index contributed by atoms with van der Waals surface area (Å²) in [6.07, 6.45) is 3.76. The van der Waals surface area contributed by atoms with Crippen LogP contribution in [0.25, 0.3) is 11.3 Å². The van der Waals surface area contributed by atoms with Crippen LogP contribution in [-0.4, -0.2) is 27.4 Å². The maximum Gasteiger partial charge on any atom is 0.191 e. The highest BCUT2D eigenvalue weighted by molar-refractivity contribution is 14.0. The van der Waals surface area contributed by atoms with Gasteiger partial charge in [0.05, 0.1) is 19.6 Å². The standard InChI is InChI=1S/C24H26N6O.HI/c1-2-25-24(27-17-22-15-23(31-29-22)19-9-4-3-5-10-19)26-16-20-11-6-7-12-21(20)18-30-14-8-13-28-30;/h3-15H,2,16-18H2,1H3,(H2,25,26,27);1H. The molecule has 0 aliphatic carbocycles. The first kappa shape index (κ1) is 23.5. The van der Waals surface area contributed by atoms with Gasteiger partial charge in [-0.05, 0) is 24.1 Å². The van der Waals surface area contributed by atoms with E-state index in [0.29, 0.717) is 13.1 Å². The van der Waals surface area contributed by atoms with E-state index < -0.39 is 0 Å². The number of aromatic nitrogens is 3. The van der Waals surface area contributed by atoms with Crippen molar-refractivity contribution in [3.63, 3.8) is 0 Å². The first-order valence-corrected chi connectivity index (χ1v) is 10.4. The molecule has 0 aliphatic rings. The van der Waals surface area contributed by atoms with E-state index in [2.05, 4.69) is 33.0 Å². The summed E-state index contributed by atoms with van der Waals surface area (Å²) < 4.78 is 7.40. The minimum atomic E-state index is 0. The molecule has 166 valence electrons. The van der Waals surface area contributed by atoms with Gasteiger partial charge >= 0.3 is 0 Å². The maximum atomic E-state index is 5.48. The highest BCUT2D eigenvalue weighted by atomic mass is 127. The number of guanidine groups is 1. The minimum absolute atomic E-state index is 0. The molecule has 2 aromatic heterocycles. The molecule has 0 atom stereocenters. The summed E-state index contributed by atoms with van der Waals surface area (Å²) in [5.74, 6) is 1.49. The van der Waals surface area contributed by atoms with Gasteiger partial charge < -0.3 is 15.2 Å². The summed E-state index contributed by atoms with van der Waals surface area (Å²) in [4.78, 5) is 4.76. The molecule has 0 radical (unpaired) electrons. The smallest absolute Gasteiger partial charge is 0.191 e. The normalized spacial score (nSPS) is 11.1. The highest BCUT2D eigenvalue weighted by Gasteiger charge is 2.08. The van der Waals surface area contributed by atoms with Gasteiger partial charge in [-0.3, -0.25) is 4.68 Å². The van der Waals surface area contributed by atoms with Gasteiger partial charge in [-0.1, -0.05) is 59.8 Å². The molecule has 0 aliphatic heterocycles. The van der Waals surface area contributed by atoms with Gasteiger partial charge in [0.15, 0.2) is 11.7 Å². The van der Waals surface area contributed by atoms with Crippen LogP contribution in [0.4, 0.5) is 0 Å². The Kier molecular flexibility index (Phi) is 8.85. The van der Waals surface area contributed by atoms with E-state index in [0.717, 1.165) is 36.1 Å². The largest absolute Gasteiger partial charge is 0.357 e. The molecule has 32 heavy (non-hydrogen) atoms. The number of nitrogens with one attached hydrogen (secondary N) is 2. The van der Waals surface area contributed by atoms with Crippen LogP contribution < -0.4 is 10.6 Å². The Morgan fingerprint density at radius 2 is 1.78 bits per heavy atom. The third-order valence-corrected chi connectivity index (χ3v) is 4.82. The molecule has 2 aromatic carbocycles. The average molecular weight is 542 g/mol. The topological polar surface area (TPSA) is 80.3 Å². The van der Waals surface area contributed by atoms with Crippen LogP contribution in [0.5, 0.6) is 0 Å². The zero-order valence-corrected chi connectivity index (χ0v) is 20.3. The van der Waals surface area contributed by atoms with Gasteiger partial charge in [-0.25, -0.2) is 4.99 Å². The quantitative estimate of drug-likeness (QED) is 0.195. The van der Waals surface area contributed by atoms with Crippen LogP contribution in [0.1, 0.15) is 23.7 Å². The predicted molar refractivity (Wildman–Crippen MR) is 137 cm³/mol. The molecule has 4 rings (SSSR count). The fourth-order valence-corrected chi connectivity index (χ4v) is 3.25. The summed E-state index contributed by atoms with van der Waals surface area (Å²) in [6.45, 7) is 4.64. The van der Waals surface area contributed by atoms with Crippen molar-refractivity contribution in [1.82, 2.24) is 25.6 Å². The van der Waals surface area contributed by atoms with Gasteiger partial charge in [0.2, 0.25) is 0 Å². The fraction of sp³-hybridized carbons (Fsp3) is 0.208. The van der Waals surface area contributed by atoms with E-state index >= 15 is 0 Å². The zero-order chi connectivity index (χ0) is 21.3. The van der Waals surface area contributed by atoms with Crippen LogP contribution in [-0.2, 0) is 19.6 Å². The van der Waals surface area contributed by atoms with Crippen LogP contribution in [0, 0.1) is 0 Å². The Balaban J connectivity index is 0.00000289. The average Bonchev–Trinajstić information content (AvgIpc) is 3.49. The number of aliphatic imine (C=N–C) groups is 1. The Hall–Kier alpha value is -3.14. The Labute approximate surface area is 205 Å². The summed E-state index contributed by atoms with van der Waals surface area (Å²) in [7, 11) is 0. The molecule has 0 unspecified atom stereocenters. The third kappa shape index (κ3) is 6.43. The fourth-order valence-electron chi connectivity index (χ4n) is 3.25. The van der Waals surface area contributed by atoms with Crippen molar-refractivity contribution in [1.29, 1.82) is 0 Å². The molecule has 0 saturated carbocycles. The van der Waals surface area contributed by atoms with E-state index in [-0.39, 0.29) is 24.0 Å². The van der Waals surface area contributed by atoms with Crippen LogP contribution in [0.15, 0.2) is 88.6 Å². The SMILES string of the molecule is CCNC(=NCc1ccccc1Cn1cccn1)NCc1cc(-c2ccccc2)on1.I. The first-order valence-electron chi connectivity index (χ1n) is 10.4. The van der Waals surface area contributed by atoms with Crippen LogP contribution >= 0.6 is 24.0 Å². The Morgan fingerprint density at radius 1 is 1.00 bits per heavy atom. The first-order chi connectivity index (χ1) is 15.3. The number of hydrogen-bond acceptors (Lipinski definition) is 4. The maximum absolute atomic E-state index is 5.48. The van der Waals surface area contributed by atoms with Crippen molar-refractivity contribution in [2.45, 2.75) is 26.6 Å². The van der Waals surface area contributed by atoms with Crippen molar-refractivity contribution in [3.8, 4) is 11.3 Å². The molecule has 7 nitrogen and oxygen atoms in total. The molecular weight excluding hydrogens is 515 g/mol. The van der Waals surface area contributed by atoms with Crippen molar-refractivity contribution >= 4 is 29.9 Å². The van der Waals surface area contributed by atoms with Gasteiger partial charge in [0.1, 0.15) is 5.69 Å². The number of benzene rings is 2. The number of halogens is 1. The lowest BCUT2D eigenvalue weighted by atomic mass is 10.1. The van der Waals surface area contributed by atoms with Crippen molar-refractivity contribution in [2.24, 2.45) is 4.99 Å². The van der Waals surface area contributed by atoms with Crippen molar-refractivity contribution in [3.05, 3.63) is 95.9 Å². The second-order valence-electron chi connectivity index (χ2n) is 7.07. The second-order valence-corrected chi connectivity index (χ2v) is 7.07. The van der Waals surface area contributed by atoms with Gasteiger partial charge in [-0.2, -0.15) is 5.10 Å². The molecule has 0 fully saturated rings. The molecule has 4 aromatic rings. The molecule has 0 bridgehead atoms. The van der Waals surface area contributed by atoms with Crippen molar-refractivity contribution in [2.75, 3.05) is 6.54 Å². The van der Waals surface area contributed by atoms with Crippen LogP contribution in [0.3, 0.4) is 0 Å². The molecule has 2 N–H and O–H groups in total. The molecule has 0 spiro atoms. The molecule has 2 heterocycles. The van der Waals surface area contributed by atoms with E-state index in [9.17, 15) is 0 Å². The Morgan fingerprint density at radius 3 is 2.53 bits per heavy atom.